The molecule has 0 spiro atoms. The first-order chi connectivity index (χ1) is 14.6. The average molecular weight is 405 g/mol. The zero-order valence-electron chi connectivity index (χ0n) is 18.5. The summed E-state index contributed by atoms with van der Waals surface area (Å²) in [5.41, 5.74) is 5.25. The first kappa shape index (κ1) is 20.5. The highest BCUT2D eigenvalue weighted by Gasteiger charge is 2.28. The van der Waals surface area contributed by atoms with Crippen LogP contribution in [-0.2, 0) is 13.1 Å². The summed E-state index contributed by atoms with van der Waals surface area (Å²) in [7, 11) is 3.42. The lowest BCUT2D eigenvalue weighted by atomic mass is 9.99. The number of hydrogen-bond acceptors (Lipinski definition) is 3. The van der Waals surface area contributed by atoms with Gasteiger partial charge in [0, 0.05) is 37.6 Å². The van der Waals surface area contributed by atoms with Crippen molar-refractivity contribution in [2.75, 3.05) is 20.8 Å². The normalized spacial score (nSPS) is 16.9. The van der Waals surface area contributed by atoms with E-state index in [2.05, 4.69) is 78.0 Å². The van der Waals surface area contributed by atoms with Crippen LogP contribution in [0.4, 0.5) is 0 Å². The quantitative estimate of drug-likeness (QED) is 0.533. The van der Waals surface area contributed by atoms with Gasteiger partial charge in [0.15, 0.2) is 0 Å². The molecule has 0 amide bonds. The van der Waals surface area contributed by atoms with Crippen LogP contribution in [0.3, 0.4) is 0 Å². The molecule has 1 aliphatic rings. The lowest BCUT2D eigenvalue weighted by Crippen LogP contribution is -2.29. The zero-order valence-corrected chi connectivity index (χ0v) is 18.5. The minimum Gasteiger partial charge on any atom is -0.497 e. The van der Waals surface area contributed by atoms with Crippen LogP contribution in [-0.4, -0.2) is 30.2 Å². The van der Waals surface area contributed by atoms with Crippen molar-refractivity contribution in [2.45, 2.75) is 45.3 Å². The Bertz CT molecular complexity index is 953. The molecule has 30 heavy (non-hydrogen) atoms. The Morgan fingerprint density at radius 1 is 0.933 bits per heavy atom. The molecule has 3 aromatic rings. The maximum atomic E-state index is 5.57. The van der Waals surface area contributed by atoms with Crippen molar-refractivity contribution in [3.05, 3.63) is 83.2 Å². The van der Waals surface area contributed by atoms with Crippen LogP contribution in [0.5, 0.6) is 11.5 Å². The van der Waals surface area contributed by atoms with Gasteiger partial charge in [-0.2, -0.15) is 0 Å². The molecular formula is C26H32N2O2. The van der Waals surface area contributed by atoms with Crippen molar-refractivity contribution in [2.24, 2.45) is 0 Å². The molecule has 4 rings (SSSR count). The van der Waals surface area contributed by atoms with Gasteiger partial charge in [0.1, 0.15) is 11.5 Å². The number of aryl methyl sites for hydroxylation is 1. The number of rotatable bonds is 6. The van der Waals surface area contributed by atoms with Gasteiger partial charge in [-0.3, -0.25) is 4.90 Å². The second kappa shape index (κ2) is 8.97. The van der Waals surface area contributed by atoms with Crippen LogP contribution in [0.1, 0.15) is 54.6 Å². The highest BCUT2D eigenvalue weighted by Crippen LogP contribution is 2.36. The summed E-state index contributed by atoms with van der Waals surface area (Å²) >= 11 is 0. The average Bonchev–Trinajstić information content (AvgIpc) is 3.15. The van der Waals surface area contributed by atoms with Crippen LogP contribution in [0, 0.1) is 0 Å². The highest BCUT2D eigenvalue weighted by molar-refractivity contribution is 5.43. The summed E-state index contributed by atoms with van der Waals surface area (Å²) in [5, 5.41) is 0. The van der Waals surface area contributed by atoms with E-state index in [-0.39, 0.29) is 6.04 Å². The number of fused-ring (bicyclic) bond motifs is 1. The monoisotopic (exact) mass is 404 g/mol. The predicted octanol–water partition coefficient (Wildman–Crippen LogP) is 5.62. The van der Waals surface area contributed by atoms with E-state index in [1.165, 1.54) is 22.4 Å². The number of aromatic nitrogens is 1. The molecule has 158 valence electrons. The number of benzene rings is 2. The van der Waals surface area contributed by atoms with Crippen molar-refractivity contribution in [3.8, 4) is 11.5 Å². The predicted molar refractivity (Wildman–Crippen MR) is 121 cm³/mol. The fourth-order valence-electron chi connectivity index (χ4n) is 4.42. The Labute approximate surface area is 180 Å². The van der Waals surface area contributed by atoms with Crippen LogP contribution >= 0.6 is 0 Å². The molecule has 1 aliphatic heterocycles. The van der Waals surface area contributed by atoms with Gasteiger partial charge in [-0.25, -0.2) is 0 Å². The van der Waals surface area contributed by atoms with Gasteiger partial charge in [0.2, 0.25) is 0 Å². The molecule has 0 N–H and O–H groups in total. The first-order valence-electron chi connectivity index (χ1n) is 10.8. The smallest absolute Gasteiger partial charge is 0.122 e. The second-order valence-corrected chi connectivity index (χ2v) is 8.40. The van der Waals surface area contributed by atoms with E-state index >= 15 is 0 Å². The summed E-state index contributed by atoms with van der Waals surface area (Å²) in [4.78, 5) is 2.58. The molecule has 0 fully saturated rings. The maximum absolute atomic E-state index is 5.57. The SMILES string of the molecule is COc1cc(OC)cc([C@H]2c3cccn3CCCN2Cc2ccc(C(C)C)cc2)c1. The summed E-state index contributed by atoms with van der Waals surface area (Å²) in [6.07, 6.45) is 3.32. The zero-order chi connectivity index (χ0) is 21.1. The Kier molecular flexibility index (Phi) is 6.14. The van der Waals surface area contributed by atoms with E-state index in [1.807, 2.05) is 6.07 Å². The lowest BCUT2D eigenvalue weighted by molar-refractivity contribution is 0.219. The summed E-state index contributed by atoms with van der Waals surface area (Å²) in [5.74, 6) is 2.21. The molecule has 0 saturated heterocycles. The topological polar surface area (TPSA) is 26.6 Å². The van der Waals surface area contributed by atoms with Crippen LogP contribution in [0.25, 0.3) is 0 Å². The third-order valence-corrected chi connectivity index (χ3v) is 6.08. The third kappa shape index (κ3) is 4.24. The molecule has 0 radical (unpaired) electrons. The van der Waals surface area contributed by atoms with Gasteiger partial charge in [-0.1, -0.05) is 38.1 Å². The standard InChI is InChI=1S/C26H32N2O2/c1-19(2)21-10-8-20(9-11-21)18-28-14-6-13-27-12-5-7-25(27)26(28)22-15-23(29-3)17-24(16-22)30-4/h5,7-12,15-17,19,26H,6,13-14,18H2,1-4H3/t26-/m0/s1. The maximum Gasteiger partial charge on any atom is 0.122 e. The van der Waals surface area contributed by atoms with E-state index in [4.69, 9.17) is 9.47 Å². The van der Waals surface area contributed by atoms with Gasteiger partial charge < -0.3 is 14.0 Å². The number of ether oxygens (including phenoxy) is 2. The molecule has 1 atom stereocenters. The van der Waals surface area contributed by atoms with Gasteiger partial charge in [-0.05, 0) is 53.3 Å². The molecule has 2 heterocycles. The summed E-state index contributed by atoms with van der Waals surface area (Å²) in [6.45, 7) is 7.47. The second-order valence-electron chi connectivity index (χ2n) is 8.40. The van der Waals surface area contributed by atoms with Crippen molar-refractivity contribution < 1.29 is 9.47 Å². The summed E-state index contributed by atoms with van der Waals surface area (Å²) in [6, 6.07) is 19.9. The van der Waals surface area contributed by atoms with Crippen molar-refractivity contribution in [1.82, 2.24) is 9.47 Å². The molecule has 1 aromatic heterocycles. The molecule has 0 unspecified atom stereocenters. The van der Waals surface area contributed by atoms with E-state index in [1.54, 1.807) is 14.2 Å². The van der Waals surface area contributed by atoms with Crippen molar-refractivity contribution in [3.63, 3.8) is 0 Å². The Morgan fingerprint density at radius 2 is 1.63 bits per heavy atom. The van der Waals surface area contributed by atoms with Crippen molar-refractivity contribution in [1.29, 1.82) is 0 Å². The molecular weight excluding hydrogens is 372 g/mol. The van der Waals surface area contributed by atoms with Crippen molar-refractivity contribution >= 4 is 0 Å². The number of methoxy groups -OCH3 is 2. The fraction of sp³-hybridized carbons (Fsp3) is 0.385. The molecule has 4 nitrogen and oxygen atoms in total. The van der Waals surface area contributed by atoms with Gasteiger partial charge in [-0.15, -0.1) is 0 Å². The Hall–Kier alpha value is -2.72. The van der Waals surface area contributed by atoms with E-state index < -0.39 is 0 Å². The molecule has 0 saturated carbocycles. The molecule has 0 aliphatic carbocycles. The van der Waals surface area contributed by atoms with Gasteiger partial charge >= 0.3 is 0 Å². The summed E-state index contributed by atoms with van der Waals surface area (Å²) < 4.78 is 13.5. The third-order valence-electron chi connectivity index (χ3n) is 6.08. The van der Waals surface area contributed by atoms with E-state index in [0.29, 0.717) is 5.92 Å². The minimum absolute atomic E-state index is 0.149. The molecule has 2 aromatic carbocycles. The lowest BCUT2D eigenvalue weighted by Gasteiger charge is -2.31. The van der Waals surface area contributed by atoms with Gasteiger partial charge in [0.05, 0.1) is 20.3 Å². The fourth-order valence-corrected chi connectivity index (χ4v) is 4.42. The number of nitrogens with zero attached hydrogens (tertiary/aromatic N) is 2. The Balaban J connectivity index is 1.73. The van der Waals surface area contributed by atoms with Crippen LogP contribution in [0.2, 0.25) is 0 Å². The van der Waals surface area contributed by atoms with Crippen LogP contribution < -0.4 is 9.47 Å². The highest BCUT2D eigenvalue weighted by atomic mass is 16.5. The number of hydrogen-bond donors (Lipinski definition) is 0. The first-order valence-corrected chi connectivity index (χ1v) is 10.8. The van der Waals surface area contributed by atoms with E-state index in [0.717, 1.165) is 37.6 Å². The largest absolute Gasteiger partial charge is 0.497 e. The van der Waals surface area contributed by atoms with Crippen LogP contribution in [0.15, 0.2) is 60.8 Å². The minimum atomic E-state index is 0.149. The van der Waals surface area contributed by atoms with E-state index in [9.17, 15) is 0 Å². The Morgan fingerprint density at radius 3 is 2.27 bits per heavy atom. The molecule has 0 bridgehead atoms. The molecule has 4 heteroatoms. The van der Waals surface area contributed by atoms with Gasteiger partial charge in [0.25, 0.3) is 0 Å².